The number of urea groups is 1. The fourth-order valence-corrected chi connectivity index (χ4v) is 2.57. The van der Waals surface area contributed by atoms with Crippen LogP contribution >= 0.6 is 11.6 Å². The lowest BCUT2D eigenvalue weighted by Gasteiger charge is -2.33. The van der Waals surface area contributed by atoms with Crippen molar-refractivity contribution >= 4 is 23.3 Å². The minimum atomic E-state index is -0.336. The molecule has 1 saturated heterocycles. The second-order valence-electron chi connectivity index (χ2n) is 5.29. The average molecular weight is 335 g/mol. The topological polar surface area (TPSA) is 41.6 Å². The molecule has 0 radical (unpaired) electrons. The first-order valence-corrected chi connectivity index (χ1v) is 7.68. The zero-order valence-corrected chi connectivity index (χ0v) is 13.1. The predicted molar refractivity (Wildman–Crippen MR) is 87.1 cm³/mol. The van der Waals surface area contributed by atoms with Gasteiger partial charge >= 0.3 is 6.03 Å². The minimum Gasteiger partial charge on any atom is -0.370 e. The number of nitrogens with zero attached hydrogens (tertiary/aromatic N) is 1. The number of carbonyl (C=O) groups is 1. The van der Waals surface area contributed by atoms with Crippen LogP contribution in [0.3, 0.4) is 0 Å². The lowest BCUT2D eigenvalue weighted by atomic mass is 10.1. The molecule has 3 rings (SSSR count). The minimum absolute atomic E-state index is 0.181. The molecule has 120 valence electrons. The van der Waals surface area contributed by atoms with Crippen molar-refractivity contribution in [2.45, 2.75) is 6.10 Å². The summed E-state index contributed by atoms with van der Waals surface area (Å²) >= 11 is 5.89. The average Bonchev–Trinajstić information content (AvgIpc) is 2.58. The molecule has 1 aliphatic rings. The van der Waals surface area contributed by atoms with Gasteiger partial charge in [-0.2, -0.15) is 0 Å². The quantitative estimate of drug-likeness (QED) is 0.899. The molecule has 1 fully saturated rings. The number of hydrogen-bond donors (Lipinski definition) is 1. The molecule has 0 aliphatic carbocycles. The second kappa shape index (κ2) is 6.98. The van der Waals surface area contributed by atoms with Gasteiger partial charge < -0.3 is 15.0 Å². The van der Waals surface area contributed by atoms with Crippen LogP contribution in [0.15, 0.2) is 48.5 Å². The van der Waals surface area contributed by atoms with Crippen LogP contribution in [0, 0.1) is 5.82 Å². The van der Waals surface area contributed by atoms with Crippen molar-refractivity contribution in [3.05, 3.63) is 64.9 Å². The summed E-state index contributed by atoms with van der Waals surface area (Å²) in [7, 11) is 0. The first-order valence-electron chi connectivity index (χ1n) is 7.30. The van der Waals surface area contributed by atoms with Gasteiger partial charge in [-0.05, 0) is 42.0 Å². The van der Waals surface area contributed by atoms with E-state index in [0.717, 1.165) is 5.56 Å². The number of ether oxygens (including phenoxy) is 1. The van der Waals surface area contributed by atoms with E-state index < -0.39 is 0 Å². The molecule has 1 heterocycles. The molecule has 2 amide bonds. The van der Waals surface area contributed by atoms with Gasteiger partial charge in [0.05, 0.1) is 13.2 Å². The van der Waals surface area contributed by atoms with Crippen LogP contribution in [0.1, 0.15) is 11.7 Å². The van der Waals surface area contributed by atoms with Gasteiger partial charge in [0.1, 0.15) is 11.9 Å². The molecule has 1 atom stereocenters. The van der Waals surface area contributed by atoms with E-state index in [9.17, 15) is 9.18 Å². The number of halogens is 2. The maximum atomic E-state index is 12.9. The number of hydrogen-bond acceptors (Lipinski definition) is 2. The number of amides is 2. The van der Waals surface area contributed by atoms with E-state index >= 15 is 0 Å². The van der Waals surface area contributed by atoms with Crippen LogP contribution in [0.4, 0.5) is 14.9 Å². The smallest absolute Gasteiger partial charge is 0.322 e. The molecule has 1 aliphatic heterocycles. The maximum absolute atomic E-state index is 12.9. The summed E-state index contributed by atoms with van der Waals surface area (Å²) in [6.07, 6.45) is -0.181. The van der Waals surface area contributed by atoms with Crippen LogP contribution in [-0.2, 0) is 4.74 Å². The van der Waals surface area contributed by atoms with Crippen LogP contribution in [0.5, 0.6) is 0 Å². The van der Waals surface area contributed by atoms with Crippen molar-refractivity contribution in [1.82, 2.24) is 4.90 Å². The second-order valence-corrected chi connectivity index (χ2v) is 5.73. The van der Waals surface area contributed by atoms with Crippen molar-refractivity contribution in [2.75, 3.05) is 25.0 Å². The Labute approximate surface area is 138 Å². The van der Waals surface area contributed by atoms with Crippen molar-refractivity contribution in [3.63, 3.8) is 0 Å². The number of anilines is 1. The maximum Gasteiger partial charge on any atom is 0.322 e. The first kappa shape index (κ1) is 15.8. The molecule has 1 N–H and O–H groups in total. The number of carbonyl (C=O) groups excluding carboxylic acids is 1. The van der Waals surface area contributed by atoms with Gasteiger partial charge in [0, 0.05) is 17.3 Å². The van der Waals surface area contributed by atoms with E-state index in [0.29, 0.717) is 30.4 Å². The molecule has 23 heavy (non-hydrogen) atoms. The molecule has 2 aromatic carbocycles. The van der Waals surface area contributed by atoms with Crippen LogP contribution < -0.4 is 5.32 Å². The van der Waals surface area contributed by atoms with Crippen molar-refractivity contribution in [3.8, 4) is 0 Å². The number of benzene rings is 2. The number of rotatable bonds is 2. The van der Waals surface area contributed by atoms with Crippen LogP contribution in [0.25, 0.3) is 0 Å². The summed E-state index contributed by atoms with van der Waals surface area (Å²) in [6, 6.07) is 12.9. The first-order chi connectivity index (χ1) is 11.1. The molecule has 6 heteroatoms. The Kier molecular flexibility index (Phi) is 4.79. The molecule has 1 unspecified atom stereocenters. The van der Waals surface area contributed by atoms with E-state index in [1.165, 1.54) is 24.3 Å². The van der Waals surface area contributed by atoms with E-state index in [1.54, 1.807) is 17.0 Å². The highest BCUT2D eigenvalue weighted by Gasteiger charge is 2.25. The third kappa shape index (κ3) is 4.00. The Morgan fingerprint density at radius 2 is 1.87 bits per heavy atom. The molecular weight excluding hydrogens is 319 g/mol. The summed E-state index contributed by atoms with van der Waals surface area (Å²) in [5.74, 6) is -0.336. The van der Waals surface area contributed by atoms with Gasteiger partial charge in [0.2, 0.25) is 0 Å². The highest BCUT2D eigenvalue weighted by Crippen LogP contribution is 2.24. The van der Waals surface area contributed by atoms with E-state index in [2.05, 4.69) is 5.32 Å². The zero-order valence-electron chi connectivity index (χ0n) is 12.3. The van der Waals surface area contributed by atoms with Gasteiger partial charge in [-0.3, -0.25) is 0 Å². The van der Waals surface area contributed by atoms with Crippen molar-refractivity contribution in [1.29, 1.82) is 0 Å². The molecule has 4 nitrogen and oxygen atoms in total. The fourth-order valence-electron chi connectivity index (χ4n) is 2.45. The van der Waals surface area contributed by atoms with Crippen molar-refractivity contribution < 1.29 is 13.9 Å². The summed E-state index contributed by atoms with van der Waals surface area (Å²) in [4.78, 5) is 14.0. The summed E-state index contributed by atoms with van der Waals surface area (Å²) in [6.45, 7) is 1.43. The molecule has 0 spiro atoms. The molecule has 0 saturated carbocycles. The van der Waals surface area contributed by atoms with Gasteiger partial charge in [0.25, 0.3) is 0 Å². The number of morpholine rings is 1. The Morgan fingerprint density at radius 3 is 2.57 bits per heavy atom. The monoisotopic (exact) mass is 334 g/mol. The summed E-state index contributed by atoms with van der Waals surface area (Å²) < 4.78 is 18.6. The summed E-state index contributed by atoms with van der Waals surface area (Å²) in [5, 5.41) is 3.43. The Balaban J connectivity index is 1.64. The highest BCUT2D eigenvalue weighted by atomic mass is 35.5. The fraction of sp³-hybridized carbons (Fsp3) is 0.235. The van der Waals surface area contributed by atoms with E-state index in [-0.39, 0.29) is 18.0 Å². The highest BCUT2D eigenvalue weighted by molar-refractivity contribution is 6.30. The summed E-state index contributed by atoms with van der Waals surface area (Å²) in [5.41, 5.74) is 1.54. The largest absolute Gasteiger partial charge is 0.370 e. The SMILES string of the molecule is O=C(Nc1ccc(F)cc1)N1CCOC(c2ccc(Cl)cc2)C1. The third-order valence-corrected chi connectivity index (χ3v) is 3.94. The van der Waals surface area contributed by atoms with Crippen molar-refractivity contribution in [2.24, 2.45) is 0 Å². The Hall–Kier alpha value is -2.11. The van der Waals surface area contributed by atoms with Gasteiger partial charge in [-0.25, -0.2) is 9.18 Å². The lowest BCUT2D eigenvalue weighted by Crippen LogP contribution is -2.44. The molecule has 0 bridgehead atoms. The Bertz CT molecular complexity index is 676. The van der Waals surface area contributed by atoms with Gasteiger partial charge in [-0.15, -0.1) is 0 Å². The van der Waals surface area contributed by atoms with E-state index in [4.69, 9.17) is 16.3 Å². The number of nitrogens with one attached hydrogen (secondary N) is 1. The van der Waals surface area contributed by atoms with Gasteiger partial charge in [0.15, 0.2) is 0 Å². The molecule has 0 aromatic heterocycles. The normalized spacial score (nSPS) is 17.8. The molecular formula is C17H16ClFN2O2. The lowest BCUT2D eigenvalue weighted by molar-refractivity contribution is -0.0135. The third-order valence-electron chi connectivity index (χ3n) is 3.69. The van der Waals surface area contributed by atoms with Gasteiger partial charge in [-0.1, -0.05) is 23.7 Å². The van der Waals surface area contributed by atoms with E-state index in [1.807, 2.05) is 12.1 Å². The standard InChI is InChI=1S/C17H16ClFN2O2/c18-13-3-1-12(2-4-13)16-11-21(9-10-23-16)17(22)20-15-7-5-14(19)6-8-15/h1-8,16H,9-11H2,(H,20,22). The zero-order chi connectivity index (χ0) is 16.2. The van der Waals surface area contributed by atoms with Crippen LogP contribution in [0.2, 0.25) is 5.02 Å². The predicted octanol–water partition coefficient (Wildman–Crippen LogP) is 4.08. The Morgan fingerprint density at radius 1 is 1.17 bits per heavy atom. The molecule has 2 aromatic rings. The van der Waals surface area contributed by atoms with Crippen LogP contribution in [-0.4, -0.2) is 30.6 Å².